The molecule has 2 saturated heterocycles. The Labute approximate surface area is 79.7 Å². The van der Waals surface area contributed by atoms with Crippen LogP contribution in [0.3, 0.4) is 0 Å². The van der Waals surface area contributed by atoms with Gasteiger partial charge in [-0.25, -0.2) is 0 Å². The summed E-state index contributed by atoms with van der Waals surface area (Å²) in [6.45, 7) is 9.08. The molecule has 0 aromatic heterocycles. The van der Waals surface area contributed by atoms with Gasteiger partial charge in [0.2, 0.25) is 0 Å². The van der Waals surface area contributed by atoms with Crippen LogP contribution in [0, 0.1) is 0 Å². The van der Waals surface area contributed by atoms with Crippen LogP contribution in [0.25, 0.3) is 0 Å². The number of nitrogens with zero attached hydrogens (tertiary/aromatic N) is 1. The summed E-state index contributed by atoms with van der Waals surface area (Å²) < 4.78 is 5.62. The summed E-state index contributed by atoms with van der Waals surface area (Å²) >= 11 is 0. The molecule has 0 unspecified atom stereocenters. The lowest BCUT2D eigenvalue weighted by atomic mass is 9.84. The third kappa shape index (κ3) is 1.39. The highest BCUT2D eigenvalue weighted by atomic mass is 16.5. The van der Waals surface area contributed by atoms with Gasteiger partial charge < -0.3 is 9.84 Å². The molecule has 0 aromatic rings. The van der Waals surface area contributed by atoms with Crippen molar-refractivity contribution in [2.45, 2.75) is 44.4 Å². The third-order valence-electron chi connectivity index (χ3n) is 3.25. The van der Waals surface area contributed by atoms with Gasteiger partial charge >= 0.3 is 0 Å². The van der Waals surface area contributed by atoms with Gasteiger partial charge in [-0.3, -0.25) is 4.90 Å². The topological polar surface area (TPSA) is 32.7 Å². The molecule has 0 bridgehead atoms. The van der Waals surface area contributed by atoms with Gasteiger partial charge in [0.25, 0.3) is 0 Å². The van der Waals surface area contributed by atoms with Crippen molar-refractivity contribution in [1.82, 2.24) is 4.90 Å². The molecule has 2 aliphatic rings. The fraction of sp³-hybridized carbons (Fsp3) is 1.00. The fourth-order valence-corrected chi connectivity index (χ4v) is 2.11. The minimum absolute atomic E-state index is 0.205. The molecule has 76 valence electrons. The lowest BCUT2D eigenvalue weighted by molar-refractivity contribution is -0.176. The first-order valence-corrected chi connectivity index (χ1v) is 5.01. The Morgan fingerprint density at radius 3 is 2.38 bits per heavy atom. The SMILES string of the molecule is CC(C)(C)N1CC2(C1)OCC[C@@H]2O. The maximum atomic E-state index is 9.73. The molecule has 3 heteroatoms. The van der Waals surface area contributed by atoms with Gasteiger partial charge in [-0.1, -0.05) is 0 Å². The molecule has 2 rings (SSSR count). The average Bonchev–Trinajstić information content (AvgIpc) is 2.24. The smallest absolute Gasteiger partial charge is 0.119 e. The van der Waals surface area contributed by atoms with Gasteiger partial charge in [0.1, 0.15) is 5.60 Å². The third-order valence-corrected chi connectivity index (χ3v) is 3.25. The molecule has 2 heterocycles. The van der Waals surface area contributed by atoms with Crippen LogP contribution < -0.4 is 0 Å². The summed E-state index contributed by atoms with van der Waals surface area (Å²) in [6.07, 6.45) is 0.559. The van der Waals surface area contributed by atoms with Crippen LogP contribution in [-0.2, 0) is 4.74 Å². The molecule has 1 spiro atoms. The molecule has 1 N–H and O–H groups in total. The zero-order valence-electron chi connectivity index (χ0n) is 8.71. The maximum absolute atomic E-state index is 9.73. The van der Waals surface area contributed by atoms with E-state index >= 15 is 0 Å². The lowest BCUT2D eigenvalue weighted by Gasteiger charge is -2.54. The summed E-state index contributed by atoms with van der Waals surface area (Å²) in [5, 5.41) is 9.73. The van der Waals surface area contributed by atoms with Crippen LogP contribution in [0.15, 0.2) is 0 Å². The zero-order valence-corrected chi connectivity index (χ0v) is 8.71. The quantitative estimate of drug-likeness (QED) is 0.600. The Balaban J connectivity index is 1.97. The summed E-state index contributed by atoms with van der Waals surface area (Å²) in [5.41, 5.74) is -0.00972. The van der Waals surface area contributed by atoms with E-state index < -0.39 is 0 Å². The highest BCUT2D eigenvalue weighted by Gasteiger charge is 2.54. The molecule has 13 heavy (non-hydrogen) atoms. The standard InChI is InChI=1S/C10H19NO2/c1-9(2,3)11-6-10(7-11)8(12)4-5-13-10/h8,12H,4-7H2,1-3H3/t8-/m0/s1. The molecule has 0 amide bonds. The Morgan fingerprint density at radius 2 is 2.00 bits per heavy atom. The fourth-order valence-electron chi connectivity index (χ4n) is 2.11. The number of hydrogen-bond acceptors (Lipinski definition) is 3. The number of aliphatic hydroxyl groups is 1. The Kier molecular flexibility index (Phi) is 1.95. The highest BCUT2D eigenvalue weighted by molar-refractivity contribution is 5.07. The van der Waals surface area contributed by atoms with Crippen molar-refractivity contribution in [1.29, 1.82) is 0 Å². The van der Waals surface area contributed by atoms with Gasteiger partial charge in [0, 0.05) is 18.6 Å². The van der Waals surface area contributed by atoms with Gasteiger partial charge in [-0.15, -0.1) is 0 Å². The minimum Gasteiger partial charge on any atom is -0.390 e. The lowest BCUT2D eigenvalue weighted by Crippen LogP contribution is -2.70. The Hall–Kier alpha value is -0.120. The second-order valence-corrected chi connectivity index (χ2v) is 5.24. The van der Waals surface area contributed by atoms with E-state index in [0.29, 0.717) is 0 Å². The summed E-state index contributed by atoms with van der Waals surface area (Å²) in [6, 6.07) is 0. The van der Waals surface area contributed by atoms with Gasteiger partial charge in [-0.2, -0.15) is 0 Å². The summed E-state index contributed by atoms with van der Waals surface area (Å²) in [7, 11) is 0. The van der Waals surface area contributed by atoms with Crippen molar-refractivity contribution >= 4 is 0 Å². The van der Waals surface area contributed by atoms with Gasteiger partial charge in [-0.05, 0) is 27.2 Å². The summed E-state index contributed by atoms with van der Waals surface area (Å²) in [5.74, 6) is 0. The Bertz CT molecular complexity index is 203. The molecule has 0 saturated carbocycles. The van der Waals surface area contributed by atoms with Crippen LogP contribution in [0.5, 0.6) is 0 Å². The van der Waals surface area contributed by atoms with E-state index in [2.05, 4.69) is 25.7 Å². The minimum atomic E-state index is -0.244. The second-order valence-electron chi connectivity index (χ2n) is 5.24. The average molecular weight is 185 g/mol. The van der Waals surface area contributed by atoms with Gasteiger partial charge in [0.15, 0.2) is 0 Å². The second kappa shape index (κ2) is 2.69. The van der Waals surface area contributed by atoms with Crippen LogP contribution in [-0.4, -0.2) is 46.9 Å². The monoisotopic (exact) mass is 185 g/mol. The number of likely N-dealkylation sites (tertiary alicyclic amines) is 1. The van der Waals surface area contributed by atoms with Crippen molar-refractivity contribution in [2.75, 3.05) is 19.7 Å². The van der Waals surface area contributed by atoms with Crippen molar-refractivity contribution < 1.29 is 9.84 Å². The molecule has 2 fully saturated rings. The number of aliphatic hydroxyl groups excluding tert-OH is 1. The number of ether oxygens (including phenoxy) is 1. The molecule has 0 aliphatic carbocycles. The number of hydrogen-bond donors (Lipinski definition) is 1. The van der Waals surface area contributed by atoms with Crippen LogP contribution >= 0.6 is 0 Å². The van der Waals surface area contributed by atoms with Crippen LogP contribution in [0.4, 0.5) is 0 Å². The highest BCUT2D eigenvalue weighted by Crippen LogP contribution is 2.38. The summed E-state index contributed by atoms with van der Waals surface area (Å²) in [4.78, 5) is 2.35. The van der Waals surface area contributed by atoms with Crippen molar-refractivity contribution in [2.24, 2.45) is 0 Å². The van der Waals surface area contributed by atoms with Crippen molar-refractivity contribution in [3.8, 4) is 0 Å². The van der Waals surface area contributed by atoms with E-state index in [1.54, 1.807) is 0 Å². The van der Waals surface area contributed by atoms with E-state index in [4.69, 9.17) is 4.74 Å². The molecular formula is C10H19NO2. The van der Waals surface area contributed by atoms with Crippen LogP contribution in [0.1, 0.15) is 27.2 Å². The molecular weight excluding hydrogens is 166 g/mol. The van der Waals surface area contributed by atoms with Crippen LogP contribution in [0.2, 0.25) is 0 Å². The molecule has 3 nitrogen and oxygen atoms in total. The largest absolute Gasteiger partial charge is 0.390 e. The van der Waals surface area contributed by atoms with E-state index in [1.165, 1.54) is 0 Å². The number of rotatable bonds is 0. The Morgan fingerprint density at radius 1 is 1.38 bits per heavy atom. The van der Waals surface area contributed by atoms with Crippen molar-refractivity contribution in [3.05, 3.63) is 0 Å². The first kappa shape index (κ1) is 9.44. The maximum Gasteiger partial charge on any atom is 0.119 e. The predicted molar refractivity (Wildman–Crippen MR) is 50.6 cm³/mol. The molecule has 2 aliphatic heterocycles. The predicted octanol–water partition coefficient (Wildman–Crippen LogP) is 0.620. The zero-order chi connectivity index (χ0) is 9.69. The van der Waals surface area contributed by atoms with E-state index in [9.17, 15) is 5.11 Å². The first-order chi connectivity index (χ1) is 5.94. The molecule has 0 aromatic carbocycles. The first-order valence-electron chi connectivity index (χ1n) is 5.01. The van der Waals surface area contributed by atoms with E-state index in [1.807, 2.05) is 0 Å². The molecule has 0 radical (unpaired) electrons. The van der Waals surface area contributed by atoms with E-state index in [0.717, 1.165) is 26.1 Å². The normalized spacial score (nSPS) is 33.7. The van der Waals surface area contributed by atoms with Gasteiger partial charge in [0.05, 0.1) is 12.7 Å². The molecule has 1 atom stereocenters. The van der Waals surface area contributed by atoms with Crippen molar-refractivity contribution in [3.63, 3.8) is 0 Å². The van der Waals surface area contributed by atoms with E-state index in [-0.39, 0.29) is 17.2 Å².